The molecule has 2 N–H and O–H groups in total. The predicted molar refractivity (Wildman–Crippen MR) is 97.4 cm³/mol. The zero-order valence-corrected chi connectivity index (χ0v) is 14.3. The van der Waals surface area contributed by atoms with Crippen LogP contribution >= 0.6 is 0 Å². The molecule has 0 bridgehead atoms. The van der Waals surface area contributed by atoms with Crippen LogP contribution in [0.2, 0.25) is 0 Å². The largest absolute Gasteiger partial charge is 0.327 e. The third-order valence-electron chi connectivity index (χ3n) is 4.78. The second kappa shape index (κ2) is 7.29. The zero-order chi connectivity index (χ0) is 16.2. The van der Waals surface area contributed by atoms with Gasteiger partial charge in [-0.25, -0.2) is 0 Å². The molecule has 1 aliphatic heterocycles. The number of nitrogens with zero attached hydrogens (tertiary/aromatic N) is 1. The summed E-state index contributed by atoms with van der Waals surface area (Å²) in [5.41, 5.74) is 11.8. The molecule has 0 aromatic heterocycles. The second-order valence-corrected chi connectivity index (χ2v) is 7.23. The van der Waals surface area contributed by atoms with E-state index in [-0.39, 0.29) is 0 Å². The number of aryl methyl sites for hydroxylation is 2. The standard InChI is InChI=1S/C21H28N2/c1-16-6-8-18(9-7-16)11-20-12-21(22)15-23(14-20)13-19-5-3-4-17(2)10-19/h3-10,20-21H,11-15,22H2,1-2H3. The zero-order valence-electron chi connectivity index (χ0n) is 14.3. The molecule has 0 aliphatic carbocycles. The van der Waals surface area contributed by atoms with Gasteiger partial charge in [-0.3, -0.25) is 4.90 Å². The van der Waals surface area contributed by atoms with Gasteiger partial charge in [0.25, 0.3) is 0 Å². The monoisotopic (exact) mass is 308 g/mol. The minimum absolute atomic E-state index is 0.295. The fourth-order valence-corrected chi connectivity index (χ4v) is 3.75. The van der Waals surface area contributed by atoms with E-state index in [0.717, 1.165) is 32.5 Å². The van der Waals surface area contributed by atoms with E-state index in [9.17, 15) is 0 Å². The first-order valence-corrected chi connectivity index (χ1v) is 8.67. The van der Waals surface area contributed by atoms with E-state index in [2.05, 4.69) is 67.3 Å². The highest BCUT2D eigenvalue weighted by molar-refractivity contribution is 5.23. The van der Waals surface area contributed by atoms with Crippen LogP contribution in [-0.2, 0) is 13.0 Å². The maximum atomic E-state index is 6.34. The molecule has 2 aromatic carbocycles. The van der Waals surface area contributed by atoms with Gasteiger partial charge in [-0.1, -0.05) is 59.7 Å². The molecule has 122 valence electrons. The van der Waals surface area contributed by atoms with Crippen LogP contribution in [0.3, 0.4) is 0 Å². The Labute approximate surface area is 140 Å². The Morgan fingerprint density at radius 3 is 2.48 bits per heavy atom. The Bertz CT molecular complexity index is 633. The van der Waals surface area contributed by atoms with Crippen LogP contribution in [0.25, 0.3) is 0 Å². The number of nitrogens with two attached hydrogens (primary N) is 1. The smallest absolute Gasteiger partial charge is 0.0234 e. The van der Waals surface area contributed by atoms with Crippen molar-refractivity contribution in [2.45, 2.75) is 39.3 Å². The number of benzene rings is 2. The highest BCUT2D eigenvalue weighted by atomic mass is 15.1. The lowest BCUT2D eigenvalue weighted by Crippen LogP contribution is -2.47. The molecule has 1 saturated heterocycles. The van der Waals surface area contributed by atoms with Crippen LogP contribution < -0.4 is 5.73 Å². The summed E-state index contributed by atoms with van der Waals surface area (Å²) in [6.45, 7) is 7.48. The summed E-state index contributed by atoms with van der Waals surface area (Å²) in [4.78, 5) is 2.53. The topological polar surface area (TPSA) is 29.3 Å². The Morgan fingerprint density at radius 2 is 1.74 bits per heavy atom. The highest BCUT2D eigenvalue weighted by Crippen LogP contribution is 2.22. The van der Waals surface area contributed by atoms with Crippen molar-refractivity contribution in [3.05, 3.63) is 70.8 Å². The van der Waals surface area contributed by atoms with Crippen LogP contribution in [0.1, 0.15) is 28.7 Å². The van der Waals surface area contributed by atoms with Crippen molar-refractivity contribution in [2.75, 3.05) is 13.1 Å². The SMILES string of the molecule is Cc1ccc(CC2CC(N)CN(Cc3cccc(C)c3)C2)cc1. The Hall–Kier alpha value is -1.64. The molecular formula is C21H28N2. The van der Waals surface area contributed by atoms with Crippen molar-refractivity contribution in [1.29, 1.82) is 0 Å². The molecule has 3 rings (SSSR count). The molecule has 23 heavy (non-hydrogen) atoms. The molecule has 2 heteroatoms. The molecule has 2 unspecified atom stereocenters. The van der Waals surface area contributed by atoms with E-state index in [1.165, 1.54) is 22.3 Å². The molecule has 2 nitrogen and oxygen atoms in total. The number of hydrogen-bond donors (Lipinski definition) is 1. The minimum Gasteiger partial charge on any atom is -0.327 e. The summed E-state index contributed by atoms with van der Waals surface area (Å²) in [7, 11) is 0. The van der Waals surface area contributed by atoms with Crippen LogP contribution in [-0.4, -0.2) is 24.0 Å². The van der Waals surface area contributed by atoms with Gasteiger partial charge in [0.2, 0.25) is 0 Å². The van der Waals surface area contributed by atoms with Crippen molar-refractivity contribution < 1.29 is 0 Å². The molecular weight excluding hydrogens is 280 g/mol. The summed E-state index contributed by atoms with van der Waals surface area (Å²) in [5, 5.41) is 0. The molecule has 2 atom stereocenters. The summed E-state index contributed by atoms with van der Waals surface area (Å²) in [6, 6.07) is 18.1. The van der Waals surface area contributed by atoms with E-state index in [1.54, 1.807) is 0 Å². The second-order valence-electron chi connectivity index (χ2n) is 7.23. The lowest BCUT2D eigenvalue weighted by Gasteiger charge is -2.36. The molecule has 0 radical (unpaired) electrons. The average Bonchev–Trinajstić information content (AvgIpc) is 2.49. The average molecular weight is 308 g/mol. The Kier molecular flexibility index (Phi) is 5.14. The lowest BCUT2D eigenvalue weighted by molar-refractivity contribution is 0.149. The number of rotatable bonds is 4. The van der Waals surface area contributed by atoms with Crippen LogP contribution in [0.15, 0.2) is 48.5 Å². The normalized spacial score (nSPS) is 22.2. The van der Waals surface area contributed by atoms with E-state index in [0.29, 0.717) is 12.0 Å². The Morgan fingerprint density at radius 1 is 0.957 bits per heavy atom. The van der Waals surface area contributed by atoms with E-state index in [4.69, 9.17) is 5.73 Å². The van der Waals surface area contributed by atoms with Crippen molar-refractivity contribution in [2.24, 2.45) is 11.7 Å². The van der Waals surface area contributed by atoms with E-state index in [1.807, 2.05) is 0 Å². The van der Waals surface area contributed by atoms with Gasteiger partial charge >= 0.3 is 0 Å². The third kappa shape index (κ3) is 4.66. The van der Waals surface area contributed by atoms with Gasteiger partial charge in [-0.05, 0) is 43.7 Å². The third-order valence-corrected chi connectivity index (χ3v) is 4.78. The summed E-state index contributed by atoms with van der Waals surface area (Å²) >= 11 is 0. The van der Waals surface area contributed by atoms with Crippen molar-refractivity contribution in [1.82, 2.24) is 4.90 Å². The maximum absolute atomic E-state index is 6.34. The first-order valence-electron chi connectivity index (χ1n) is 8.67. The van der Waals surface area contributed by atoms with Crippen LogP contribution in [0.5, 0.6) is 0 Å². The maximum Gasteiger partial charge on any atom is 0.0234 e. The summed E-state index contributed by atoms with van der Waals surface area (Å²) < 4.78 is 0. The van der Waals surface area contributed by atoms with Gasteiger partial charge in [0, 0.05) is 25.7 Å². The predicted octanol–water partition coefficient (Wildman–Crippen LogP) is 3.70. The van der Waals surface area contributed by atoms with Gasteiger partial charge in [0.05, 0.1) is 0 Å². The quantitative estimate of drug-likeness (QED) is 0.933. The van der Waals surface area contributed by atoms with Gasteiger partial charge in [0.1, 0.15) is 0 Å². The van der Waals surface area contributed by atoms with Crippen molar-refractivity contribution in [3.63, 3.8) is 0 Å². The number of piperidine rings is 1. The Balaban J connectivity index is 1.63. The molecule has 1 fully saturated rings. The fraction of sp³-hybridized carbons (Fsp3) is 0.429. The fourth-order valence-electron chi connectivity index (χ4n) is 3.75. The first kappa shape index (κ1) is 16.2. The molecule has 1 aliphatic rings. The van der Waals surface area contributed by atoms with Gasteiger partial charge < -0.3 is 5.73 Å². The van der Waals surface area contributed by atoms with Crippen molar-refractivity contribution in [3.8, 4) is 0 Å². The lowest BCUT2D eigenvalue weighted by atomic mass is 9.88. The molecule has 0 spiro atoms. The van der Waals surface area contributed by atoms with Gasteiger partial charge in [0.15, 0.2) is 0 Å². The first-order chi connectivity index (χ1) is 11.1. The number of hydrogen-bond acceptors (Lipinski definition) is 2. The van der Waals surface area contributed by atoms with Gasteiger partial charge in [-0.15, -0.1) is 0 Å². The molecule has 0 saturated carbocycles. The summed E-state index contributed by atoms with van der Waals surface area (Å²) in [5.74, 6) is 0.659. The molecule has 2 aromatic rings. The van der Waals surface area contributed by atoms with Crippen molar-refractivity contribution >= 4 is 0 Å². The van der Waals surface area contributed by atoms with E-state index < -0.39 is 0 Å². The van der Waals surface area contributed by atoms with E-state index >= 15 is 0 Å². The molecule has 0 amide bonds. The highest BCUT2D eigenvalue weighted by Gasteiger charge is 2.25. The number of likely N-dealkylation sites (tertiary alicyclic amines) is 1. The van der Waals surface area contributed by atoms with Crippen LogP contribution in [0, 0.1) is 19.8 Å². The van der Waals surface area contributed by atoms with Gasteiger partial charge in [-0.2, -0.15) is 0 Å². The summed E-state index contributed by atoms with van der Waals surface area (Å²) in [6.07, 6.45) is 2.27. The molecule has 1 heterocycles. The minimum atomic E-state index is 0.295. The van der Waals surface area contributed by atoms with Crippen LogP contribution in [0.4, 0.5) is 0 Å².